The third-order valence-electron chi connectivity index (χ3n) is 5.36. The molecule has 0 atom stereocenters. The Morgan fingerprint density at radius 2 is 1.73 bits per heavy atom. The predicted molar refractivity (Wildman–Crippen MR) is 99.3 cm³/mol. The molecule has 1 aliphatic heterocycles. The van der Waals surface area contributed by atoms with Crippen LogP contribution in [0.1, 0.15) is 33.1 Å². The van der Waals surface area contributed by atoms with Gasteiger partial charge in [-0.2, -0.15) is 0 Å². The van der Waals surface area contributed by atoms with Crippen LogP contribution in [0.4, 0.5) is 10.1 Å². The lowest BCUT2D eigenvalue weighted by Gasteiger charge is -2.37. The van der Waals surface area contributed by atoms with Crippen LogP contribution in [0.3, 0.4) is 0 Å². The summed E-state index contributed by atoms with van der Waals surface area (Å²) in [6.07, 6.45) is 2.22. The van der Waals surface area contributed by atoms with Gasteiger partial charge in [0.2, 0.25) is 11.8 Å². The molecule has 6 heteroatoms. The molecule has 0 aromatic heterocycles. The zero-order valence-corrected chi connectivity index (χ0v) is 15.6. The van der Waals surface area contributed by atoms with E-state index in [4.69, 9.17) is 0 Å². The number of anilines is 1. The van der Waals surface area contributed by atoms with Crippen molar-refractivity contribution in [1.29, 1.82) is 0 Å². The van der Waals surface area contributed by atoms with Gasteiger partial charge in [-0.25, -0.2) is 4.39 Å². The lowest BCUT2D eigenvalue weighted by molar-refractivity contribution is -0.144. The highest BCUT2D eigenvalue weighted by atomic mass is 19.1. The molecule has 2 aliphatic rings. The highest BCUT2D eigenvalue weighted by Gasteiger charge is 2.58. The summed E-state index contributed by atoms with van der Waals surface area (Å²) in [5.41, 5.74) is 0.140. The lowest BCUT2D eigenvalue weighted by atomic mass is 10.0. The van der Waals surface area contributed by atoms with Crippen LogP contribution in [0.5, 0.6) is 0 Å². The largest absolute Gasteiger partial charge is 0.368 e. The lowest BCUT2D eigenvalue weighted by Crippen LogP contribution is -2.53. The summed E-state index contributed by atoms with van der Waals surface area (Å²) < 4.78 is 13.1. The van der Waals surface area contributed by atoms with Crippen molar-refractivity contribution in [3.63, 3.8) is 0 Å². The van der Waals surface area contributed by atoms with E-state index in [1.54, 1.807) is 12.1 Å². The number of carbonyl (C=O) groups is 2. The number of carbonyl (C=O) groups excluding carboxylic acids is 2. The zero-order chi connectivity index (χ0) is 18.7. The number of hydrogen-bond acceptors (Lipinski definition) is 3. The minimum absolute atomic E-state index is 0.0293. The molecule has 0 unspecified atom stereocenters. The number of benzene rings is 1. The summed E-state index contributed by atoms with van der Waals surface area (Å²) in [5.74, 6) is 0.143. The minimum Gasteiger partial charge on any atom is -0.368 e. The smallest absolute Gasteiger partial charge is 0.238 e. The van der Waals surface area contributed by atoms with Gasteiger partial charge in [0.25, 0.3) is 0 Å². The first-order valence-corrected chi connectivity index (χ1v) is 9.50. The summed E-state index contributed by atoms with van der Waals surface area (Å²) in [5, 5.41) is 2.94. The fraction of sp³-hybridized carbons (Fsp3) is 0.600. The van der Waals surface area contributed by atoms with Gasteiger partial charge in [0.15, 0.2) is 0 Å². The number of hydrogen-bond donors (Lipinski definition) is 1. The monoisotopic (exact) mass is 361 g/mol. The van der Waals surface area contributed by atoms with Gasteiger partial charge in [0.1, 0.15) is 11.2 Å². The van der Waals surface area contributed by atoms with Gasteiger partial charge in [0.05, 0.1) is 0 Å². The number of halogens is 1. The second kappa shape index (κ2) is 7.64. The van der Waals surface area contributed by atoms with Crippen molar-refractivity contribution >= 4 is 17.5 Å². The highest BCUT2D eigenvalue weighted by molar-refractivity contribution is 6.07. The van der Waals surface area contributed by atoms with Crippen LogP contribution in [0.15, 0.2) is 24.3 Å². The van der Waals surface area contributed by atoms with Gasteiger partial charge < -0.3 is 15.1 Å². The topological polar surface area (TPSA) is 52.7 Å². The van der Waals surface area contributed by atoms with E-state index in [0.29, 0.717) is 51.5 Å². The molecule has 1 aromatic rings. The van der Waals surface area contributed by atoms with Gasteiger partial charge in [-0.3, -0.25) is 9.59 Å². The van der Waals surface area contributed by atoms with E-state index < -0.39 is 5.41 Å². The third kappa shape index (κ3) is 4.00. The van der Waals surface area contributed by atoms with Gasteiger partial charge in [0, 0.05) is 38.4 Å². The molecule has 1 heterocycles. The second-order valence-corrected chi connectivity index (χ2v) is 7.78. The minimum atomic E-state index is -0.824. The molecule has 3 rings (SSSR count). The van der Waals surface area contributed by atoms with Crippen LogP contribution >= 0.6 is 0 Å². The fourth-order valence-electron chi connectivity index (χ4n) is 3.43. The second-order valence-electron chi connectivity index (χ2n) is 7.78. The summed E-state index contributed by atoms with van der Waals surface area (Å²) in [4.78, 5) is 29.4. The van der Waals surface area contributed by atoms with Crippen molar-refractivity contribution in [2.75, 3.05) is 37.6 Å². The van der Waals surface area contributed by atoms with E-state index in [1.807, 2.05) is 4.90 Å². The Morgan fingerprint density at radius 3 is 2.27 bits per heavy atom. The number of rotatable bonds is 6. The molecule has 142 valence electrons. The number of nitrogens with zero attached hydrogens (tertiary/aromatic N) is 2. The van der Waals surface area contributed by atoms with E-state index in [9.17, 15) is 14.0 Å². The maximum absolute atomic E-state index is 13.1. The number of nitrogens with one attached hydrogen (secondary N) is 1. The van der Waals surface area contributed by atoms with Crippen LogP contribution < -0.4 is 10.2 Å². The van der Waals surface area contributed by atoms with Crippen LogP contribution in [-0.4, -0.2) is 49.4 Å². The summed E-state index contributed by atoms with van der Waals surface area (Å²) in [7, 11) is 0. The molecule has 5 nitrogen and oxygen atoms in total. The first-order valence-electron chi connectivity index (χ1n) is 9.50. The van der Waals surface area contributed by atoms with Crippen LogP contribution in [0.25, 0.3) is 0 Å². The first-order chi connectivity index (χ1) is 12.4. The Kier molecular flexibility index (Phi) is 5.49. The maximum atomic E-state index is 13.1. The molecule has 26 heavy (non-hydrogen) atoms. The number of piperazine rings is 1. The summed E-state index contributed by atoms with van der Waals surface area (Å²) in [6, 6.07) is 6.43. The Bertz CT molecular complexity index is 648. The number of amides is 2. The SMILES string of the molecule is CC(C)CCNC(=O)C1(C(=O)N2CCN(c3ccc(F)cc3)CC2)CC1. The van der Waals surface area contributed by atoms with E-state index in [0.717, 1.165) is 12.1 Å². The molecule has 1 saturated heterocycles. The maximum Gasteiger partial charge on any atom is 0.238 e. The van der Waals surface area contributed by atoms with Gasteiger partial charge in [-0.05, 0) is 49.4 Å². The quantitative estimate of drug-likeness (QED) is 0.792. The Hall–Kier alpha value is -2.11. The average Bonchev–Trinajstić information content (AvgIpc) is 3.43. The fourth-order valence-corrected chi connectivity index (χ4v) is 3.43. The van der Waals surface area contributed by atoms with Crippen LogP contribution in [0.2, 0.25) is 0 Å². The Labute approximate surface area is 154 Å². The van der Waals surface area contributed by atoms with Crippen LogP contribution in [0, 0.1) is 17.2 Å². The van der Waals surface area contributed by atoms with Crippen LogP contribution in [-0.2, 0) is 9.59 Å². The summed E-state index contributed by atoms with van der Waals surface area (Å²) in [6.45, 7) is 7.44. The van der Waals surface area contributed by atoms with Gasteiger partial charge in [-0.15, -0.1) is 0 Å². The predicted octanol–water partition coefficient (Wildman–Crippen LogP) is 2.42. The molecule has 0 bridgehead atoms. The van der Waals surface area contributed by atoms with Crippen molar-refractivity contribution in [1.82, 2.24) is 10.2 Å². The molecule has 2 fully saturated rings. The van der Waals surface area contributed by atoms with Crippen molar-refractivity contribution < 1.29 is 14.0 Å². The third-order valence-corrected chi connectivity index (χ3v) is 5.36. The first kappa shape index (κ1) is 18.7. The van der Waals surface area contributed by atoms with E-state index in [1.165, 1.54) is 12.1 Å². The normalized spacial score (nSPS) is 18.8. The molecule has 1 aromatic carbocycles. The van der Waals surface area contributed by atoms with E-state index >= 15 is 0 Å². The molecule has 2 amide bonds. The zero-order valence-electron chi connectivity index (χ0n) is 15.6. The van der Waals surface area contributed by atoms with Crippen molar-refractivity contribution in [3.05, 3.63) is 30.1 Å². The highest BCUT2D eigenvalue weighted by Crippen LogP contribution is 2.47. The molecule has 1 N–H and O–H groups in total. The van der Waals surface area contributed by atoms with Gasteiger partial charge in [-0.1, -0.05) is 13.8 Å². The summed E-state index contributed by atoms with van der Waals surface area (Å²) >= 11 is 0. The van der Waals surface area contributed by atoms with Crippen molar-refractivity contribution in [3.8, 4) is 0 Å². The van der Waals surface area contributed by atoms with Crippen molar-refractivity contribution in [2.45, 2.75) is 33.1 Å². The van der Waals surface area contributed by atoms with Gasteiger partial charge >= 0.3 is 0 Å². The molecule has 0 radical (unpaired) electrons. The molecule has 0 spiro atoms. The molecule has 1 saturated carbocycles. The van der Waals surface area contributed by atoms with Crippen molar-refractivity contribution in [2.24, 2.45) is 11.3 Å². The average molecular weight is 361 g/mol. The Balaban J connectivity index is 1.53. The molecular formula is C20H28FN3O2. The van der Waals surface area contributed by atoms with E-state index in [2.05, 4.69) is 24.1 Å². The van der Waals surface area contributed by atoms with E-state index in [-0.39, 0.29) is 17.6 Å². The molecule has 1 aliphatic carbocycles. The Morgan fingerprint density at radius 1 is 1.12 bits per heavy atom. The standard InChI is InChI=1S/C20H28FN3O2/c1-15(2)7-10-22-18(25)20(8-9-20)19(26)24-13-11-23(12-14-24)17-5-3-16(21)4-6-17/h3-6,15H,7-14H2,1-2H3,(H,22,25). The molecular weight excluding hydrogens is 333 g/mol.